The van der Waals surface area contributed by atoms with Gasteiger partial charge in [0.2, 0.25) is 0 Å². The van der Waals surface area contributed by atoms with Crippen molar-refractivity contribution in [1.82, 2.24) is 0 Å². The first kappa shape index (κ1) is 9.51. The lowest BCUT2D eigenvalue weighted by molar-refractivity contribution is 0.285. The van der Waals surface area contributed by atoms with Crippen molar-refractivity contribution in [2.24, 2.45) is 11.8 Å². The van der Waals surface area contributed by atoms with Gasteiger partial charge in [-0.2, -0.15) is 0 Å². The van der Waals surface area contributed by atoms with Gasteiger partial charge in [0, 0.05) is 0 Å². The molecule has 0 aromatic heterocycles. The molecule has 2 rings (SSSR count). The van der Waals surface area contributed by atoms with Crippen molar-refractivity contribution in [2.75, 3.05) is 0 Å². The number of hydrogen-bond acceptors (Lipinski definition) is 0. The smallest absolute Gasteiger partial charge is 0.0174 e. The van der Waals surface area contributed by atoms with Gasteiger partial charge in [0.15, 0.2) is 0 Å². The molecule has 1 aromatic rings. The van der Waals surface area contributed by atoms with Gasteiger partial charge in [0.1, 0.15) is 0 Å². The van der Waals surface area contributed by atoms with Crippen molar-refractivity contribution in [1.29, 1.82) is 0 Å². The first-order valence-corrected chi connectivity index (χ1v) is 5.49. The van der Waals surface area contributed by atoms with E-state index >= 15 is 0 Å². The van der Waals surface area contributed by atoms with E-state index in [9.17, 15) is 0 Å². The summed E-state index contributed by atoms with van der Waals surface area (Å²) in [5, 5.41) is 0. The van der Waals surface area contributed by atoms with Gasteiger partial charge in [-0.3, -0.25) is 0 Å². The highest BCUT2D eigenvalue weighted by Gasteiger charge is 2.29. The second-order valence-electron chi connectivity index (χ2n) is 4.47. The Kier molecular flexibility index (Phi) is 2.72. The summed E-state index contributed by atoms with van der Waals surface area (Å²) in [4.78, 5) is 0. The highest BCUT2D eigenvalue weighted by molar-refractivity contribution is 5.18. The Labute approximate surface area is 86.7 Å². The third-order valence-corrected chi connectivity index (χ3v) is 3.38. The summed E-state index contributed by atoms with van der Waals surface area (Å²) in [7, 11) is 0. The molecule has 0 aliphatic heterocycles. The Morgan fingerprint density at radius 2 is 2.00 bits per heavy atom. The lowest BCUT2D eigenvalue weighted by Gasteiger charge is -2.37. The van der Waals surface area contributed by atoms with E-state index in [0.717, 1.165) is 11.8 Å². The molecule has 74 valence electrons. The van der Waals surface area contributed by atoms with Crippen molar-refractivity contribution in [3.8, 4) is 0 Å². The molecule has 2 atom stereocenters. The van der Waals surface area contributed by atoms with Crippen LogP contribution in [0.2, 0.25) is 0 Å². The first-order chi connectivity index (χ1) is 6.77. The van der Waals surface area contributed by atoms with Gasteiger partial charge < -0.3 is 0 Å². The molecular weight excluding hydrogens is 168 g/mol. The van der Waals surface area contributed by atoms with Gasteiger partial charge in [0.25, 0.3) is 0 Å². The molecule has 0 amide bonds. The van der Waals surface area contributed by atoms with Crippen molar-refractivity contribution >= 4 is 0 Å². The first-order valence-electron chi connectivity index (χ1n) is 5.49. The largest absolute Gasteiger partial charge is 0.0996 e. The molecule has 0 bridgehead atoms. The highest BCUT2D eigenvalue weighted by Crippen LogP contribution is 2.41. The topological polar surface area (TPSA) is 0 Å². The molecule has 0 saturated heterocycles. The van der Waals surface area contributed by atoms with Gasteiger partial charge >= 0.3 is 0 Å². The summed E-state index contributed by atoms with van der Waals surface area (Å²) in [6.45, 7) is 6.44. The fourth-order valence-electron chi connectivity index (χ4n) is 2.40. The number of allylic oxidation sites excluding steroid dienone is 1. The van der Waals surface area contributed by atoms with Crippen molar-refractivity contribution in [2.45, 2.75) is 26.2 Å². The van der Waals surface area contributed by atoms with E-state index in [4.69, 9.17) is 0 Å². The van der Waals surface area contributed by atoms with Crippen LogP contribution in [0.1, 0.15) is 25.3 Å². The molecule has 0 heteroatoms. The fourth-order valence-corrected chi connectivity index (χ4v) is 2.40. The average Bonchev–Trinajstić information content (AvgIpc) is 2.19. The van der Waals surface area contributed by atoms with Crippen LogP contribution >= 0.6 is 0 Å². The van der Waals surface area contributed by atoms with Crippen LogP contribution in [0.25, 0.3) is 0 Å². The lowest BCUT2D eigenvalue weighted by Crippen LogP contribution is -2.26. The van der Waals surface area contributed by atoms with Crippen LogP contribution in [0, 0.1) is 11.8 Å². The van der Waals surface area contributed by atoms with Crippen LogP contribution < -0.4 is 0 Å². The van der Waals surface area contributed by atoms with Gasteiger partial charge in [-0.05, 0) is 36.7 Å². The third-order valence-electron chi connectivity index (χ3n) is 3.38. The van der Waals surface area contributed by atoms with E-state index in [-0.39, 0.29) is 0 Å². The normalized spacial score (nSPS) is 25.9. The quantitative estimate of drug-likeness (QED) is 0.629. The second-order valence-corrected chi connectivity index (χ2v) is 4.47. The summed E-state index contributed by atoms with van der Waals surface area (Å²) in [5.41, 5.74) is 2.92. The SMILES string of the molecule is C=C1CC(C)C1CCc1ccccc1. The van der Waals surface area contributed by atoms with E-state index in [1.54, 1.807) is 0 Å². The van der Waals surface area contributed by atoms with Gasteiger partial charge in [-0.1, -0.05) is 49.4 Å². The third kappa shape index (κ3) is 1.89. The summed E-state index contributed by atoms with van der Waals surface area (Å²) < 4.78 is 0. The number of hydrogen-bond donors (Lipinski definition) is 0. The zero-order valence-electron chi connectivity index (χ0n) is 8.87. The van der Waals surface area contributed by atoms with Crippen LogP contribution in [0.15, 0.2) is 42.5 Å². The molecule has 2 unspecified atom stereocenters. The Balaban J connectivity index is 1.86. The maximum atomic E-state index is 4.10. The Bertz CT molecular complexity index is 310. The maximum Gasteiger partial charge on any atom is -0.0174 e. The van der Waals surface area contributed by atoms with Gasteiger partial charge in [-0.15, -0.1) is 0 Å². The van der Waals surface area contributed by atoms with Gasteiger partial charge in [-0.25, -0.2) is 0 Å². The maximum absolute atomic E-state index is 4.10. The van der Waals surface area contributed by atoms with E-state index in [1.807, 2.05) is 0 Å². The summed E-state index contributed by atoms with van der Waals surface area (Å²) >= 11 is 0. The minimum Gasteiger partial charge on any atom is -0.0996 e. The summed E-state index contributed by atoms with van der Waals surface area (Å²) in [5.74, 6) is 1.65. The molecule has 0 spiro atoms. The Morgan fingerprint density at radius 1 is 1.29 bits per heavy atom. The minimum absolute atomic E-state index is 0.787. The van der Waals surface area contributed by atoms with Crippen LogP contribution in [-0.2, 0) is 6.42 Å². The molecule has 14 heavy (non-hydrogen) atoms. The van der Waals surface area contributed by atoms with Crippen LogP contribution in [0.5, 0.6) is 0 Å². The second kappa shape index (κ2) is 4.00. The molecular formula is C14H18. The monoisotopic (exact) mass is 186 g/mol. The van der Waals surface area contributed by atoms with Crippen LogP contribution in [0.3, 0.4) is 0 Å². The van der Waals surface area contributed by atoms with Crippen LogP contribution in [-0.4, -0.2) is 0 Å². The highest BCUT2D eigenvalue weighted by atomic mass is 14.3. The van der Waals surface area contributed by atoms with Crippen LogP contribution in [0.4, 0.5) is 0 Å². The zero-order valence-corrected chi connectivity index (χ0v) is 8.87. The average molecular weight is 186 g/mol. The molecule has 0 radical (unpaired) electrons. The molecule has 0 heterocycles. The molecule has 1 aliphatic carbocycles. The molecule has 1 saturated carbocycles. The number of aryl methyl sites for hydroxylation is 1. The zero-order chi connectivity index (χ0) is 9.97. The fraction of sp³-hybridized carbons (Fsp3) is 0.429. The van der Waals surface area contributed by atoms with E-state index in [1.165, 1.54) is 30.4 Å². The van der Waals surface area contributed by atoms with Crippen molar-refractivity contribution in [3.05, 3.63) is 48.0 Å². The minimum atomic E-state index is 0.787. The van der Waals surface area contributed by atoms with Crippen molar-refractivity contribution < 1.29 is 0 Å². The Morgan fingerprint density at radius 3 is 2.57 bits per heavy atom. The summed E-state index contributed by atoms with van der Waals surface area (Å²) in [6.07, 6.45) is 3.73. The molecule has 1 fully saturated rings. The summed E-state index contributed by atoms with van der Waals surface area (Å²) in [6, 6.07) is 10.7. The number of rotatable bonds is 3. The molecule has 1 aliphatic rings. The number of benzene rings is 1. The standard InChI is InChI=1S/C14H18/c1-11-10-12(2)14(11)9-8-13-6-4-3-5-7-13/h3-7,12,14H,1,8-10H2,2H3. The molecule has 1 aromatic carbocycles. The molecule has 0 nitrogen and oxygen atoms in total. The lowest BCUT2D eigenvalue weighted by atomic mass is 9.69. The molecule has 0 N–H and O–H groups in total. The Hall–Kier alpha value is -1.04. The van der Waals surface area contributed by atoms with E-state index in [0.29, 0.717) is 0 Å². The van der Waals surface area contributed by atoms with E-state index in [2.05, 4.69) is 43.8 Å². The van der Waals surface area contributed by atoms with E-state index < -0.39 is 0 Å². The van der Waals surface area contributed by atoms with Crippen molar-refractivity contribution in [3.63, 3.8) is 0 Å². The van der Waals surface area contributed by atoms with Gasteiger partial charge in [0.05, 0.1) is 0 Å². The predicted octanol–water partition coefficient (Wildman–Crippen LogP) is 3.83. The predicted molar refractivity (Wildman–Crippen MR) is 61.2 cm³/mol.